The molecule has 0 heterocycles. The second kappa shape index (κ2) is 9.15. The third kappa shape index (κ3) is 6.41. The molecule has 0 amide bonds. The van der Waals surface area contributed by atoms with E-state index in [1.165, 1.54) is 0 Å². The van der Waals surface area contributed by atoms with E-state index in [0.29, 0.717) is 12.0 Å². The van der Waals surface area contributed by atoms with Crippen LogP contribution in [0.2, 0.25) is 0 Å². The van der Waals surface area contributed by atoms with Gasteiger partial charge in [0.05, 0.1) is 0 Å². The van der Waals surface area contributed by atoms with Gasteiger partial charge in [-0.1, -0.05) is 32.9 Å². The summed E-state index contributed by atoms with van der Waals surface area (Å²) in [5, 5.41) is 0. The molecule has 0 saturated heterocycles. The molecule has 0 saturated carbocycles. The SMILES string of the molecule is CC.CCC(=O)OCC(=O)c1ccc(I)cc1. The lowest BCUT2D eigenvalue weighted by Crippen LogP contribution is -2.13. The molecule has 1 aromatic rings. The van der Waals surface area contributed by atoms with Gasteiger partial charge < -0.3 is 4.74 Å². The van der Waals surface area contributed by atoms with E-state index in [-0.39, 0.29) is 18.4 Å². The summed E-state index contributed by atoms with van der Waals surface area (Å²) in [6.45, 7) is 5.52. The van der Waals surface area contributed by atoms with Crippen molar-refractivity contribution in [2.45, 2.75) is 27.2 Å². The Balaban J connectivity index is 0.00000121. The Morgan fingerprint density at radius 3 is 2.18 bits per heavy atom. The summed E-state index contributed by atoms with van der Waals surface area (Å²) in [6, 6.07) is 7.14. The number of Topliss-reactive ketones (excluding diaryl/α,β-unsaturated/α-hetero) is 1. The maximum atomic E-state index is 11.5. The van der Waals surface area contributed by atoms with Crippen molar-refractivity contribution >= 4 is 34.3 Å². The topological polar surface area (TPSA) is 43.4 Å². The zero-order valence-corrected chi connectivity index (χ0v) is 12.5. The van der Waals surface area contributed by atoms with E-state index in [1.54, 1.807) is 19.1 Å². The molecule has 94 valence electrons. The van der Waals surface area contributed by atoms with Gasteiger partial charge in [0.25, 0.3) is 0 Å². The highest BCUT2D eigenvalue weighted by molar-refractivity contribution is 14.1. The lowest BCUT2D eigenvalue weighted by atomic mass is 10.1. The van der Waals surface area contributed by atoms with Crippen LogP contribution in [0.5, 0.6) is 0 Å². The number of carbonyl (C=O) groups is 2. The standard InChI is InChI=1S/C11H11IO3.C2H6/c1-2-11(14)15-7-10(13)8-3-5-9(12)6-4-8;1-2/h3-6H,2,7H2,1H3;1-2H3. The molecule has 17 heavy (non-hydrogen) atoms. The summed E-state index contributed by atoms with van der Waals surface area (Å²) < 4.78 is 5.81. The van der Waals surface area contributed by atoms with Crippen molar-refractivity contribution in [1.82, 2.24) is 0 Å². The minimum Gasteiger partial charge on any atom is -0.457 e. The molecular weight excluding hydrogens is 331 g/mol. The first-order chi connectivity index (χ1) is 8.13. The third-order valence-corrected chi connectivity index (χ3v) is 2.54. The Bertz CT molecular complexity index is 357. The molecule has 0 aliphatic rings. The van der Waals surface area contributed by atoms with Gasteiger partial charge in [-0.05, 0) is 34.7 Å². The third-order valence-electron chi connectivity index (χ3n) is 1.82. The van der Waals surface area contributed by atoms with Crippen LogP contribution in [0.15, 0.2) is 24.3 Å². The minimum atomic E-state index is -0.353. The van der Waals surface area contributed by atoms with Gasteiger partial charge in [0.2, 0.25) is 0 Å². The fraction of sp³-hybridized carbons (Fsp3) is 0.385. The average Bonchev–Trinajstić information content (AvgIpc) is 2.38. The summed E-state index contributed by atoms with van der Waals surface area (Å²) in [5.41, 5.74) is 0.569. The largest absolute Gasteiger partial charge is 0.457 e. The fourth-order valence-electron chi connectivity index (χ4n) is 0.967. The van der Waals surface area contributed by atoms with E-state index < -0.39 is 0 Å². The van der Waals surface area contributed by atoms with Crippen LogP contribution in [0.25, 0.3) is 0 Å². The van der Waals surface area contributed by atoms with E-state index in [1.807, 2.05) is 26.0 Å². The zero-order chi connectivity index (χ0) is 13.3. The summed E-state index contributed by atoms with van der Waals surface area (Å²) in [7, 11) is 0. The summed E-state index contributed by atoms with van der Waals surface area (Å²) in [5.74, 6) is -0.526. The highest BCUT2D eigenvalue weighted by atomic mass is 127. The number of halogens is 1. The molecule has 1 aromatic carbocycles. The Hall–Kier alpha value is -0.910. The number of esters is 1. The van der Waals surface area contributed by atoms with Crippen molar-refractivity contribution in [1.29, 1.82) is 0 Å². The number of rotatable bonds is 4. The smallest absolute Gasteiger partial charge is 0.305 e. The van der Waals surface area contributed by atoms with Crippen LogP contribution in [0.4, 0.5) is 0 Å². The predicted molar refractivity (Wildman–Crippen MR) is 76.1 cm³/mol. The average molecular weight is 348 g/mol. The number of hydrogen-bond donors (Lipinski definition) is 0. The molecule has 0 fully saturated rings. The quantitative estimate of drug-likeness (QED) is 0.476. The number of hydrogen-bond acceptors (Lipinski definition) is 3. The van der Waals surface area contributed by atoms with Crippen LogP contribution in [0.3, 0.4) is 0 Å². The van der Waals surface area contributed by atoms with Crippen LogP contribution in [-0.4, -0.2) is 18.4 Å². The second-order valence-corrected chi connectivity index (χ2v) is 4.19. The number of ketones is 1. The van der Waals surface area contributed by atoms with Crippen molar-refractivity contribution in [2.75, 3.05) is 6.61 Å². The summed E-state index contributed by atoms with van der Waals surface area (Å²) >= 11 is 2.16. The second-order valence-electron chi connectivity index (χ2n) is 2.94. The highest BCUT2D eigenvalue weighted by Gasteiger charge is 2.08. The zero-order valence-electron chi connectivity index (χ0n) is 10.3. The number of carbonyl (C=O) groups excluding carboxylic acids is 2. The van der Waals surface area contributed by atoms with Gasteiger partial charge in [0, 0.05) is 15.6 Å². The molecule has 1 rings (SSSR count). The van der Waals surface area contributed by atoms with Crippen molar-refractivity contribution < 1.29 is 14.3 Å². The molecule has 0 aliphatic heterocycles. The predicted octanol–water partition coefficient (Wildman–Crippen LogP) is 3.45. The molecule has 0 aliphatic carbocycles. The van der Waals surface area contributed by atoms with Crippen LogP contribution in [0.1, 0.15) is 37.6 Å². The van der Waals surface area contributed by atoms with Crippen LogP contribution in [0, 0.1) is 3.57 Å². The maximum absolute atomic E-state index is 11.5. The van der Waals surface area contributed by atoms with Gasteiger partial charge in [-0.15, -0.1) is 0 Å². The molecule has 3 nitrogen and oxygen atoms in total. The lowest BCUT2D eigenvalue weighted by Gasteiger charge is -2.02. The Kier molecular flexibility index (Phi) is 8.66. The molecular formula is C13H17IO3. The first kappa shape index (κ1) is 16.1. The van der Waals surface area contributed by atoms with Gasteiger partial charge in [0.15, 0.2) is 12.4 Å². The number of benzene rings is 1. The normalized spacial score (nSPS) is 8.94. The molecule has 0 spiro atoms. The van der Waals surface area contributed by atoms with E-state index >= 15 is 0 Å². The van der Waals surface area contributed by atoms with Gasteiger partial charge in [-0.2, -0.15) is 0 Å². The van der Waals surface area contributed by atoms with Crippen molar-refractivity contribution in [2.24, 2.45) is 0 Å². The first-order valence-corrected chi connectivity index (χ1v) is 6.65. The molecule has 0 aromatic heterocycles. The number of ether oxygens (including phenoxy) is 1. The fourth-order valence-corrected chi connectivity index (χ4v) is 1.33. The van der Waals surface area contributed by atoms with Gasteiger partial charge in [0.1, 0.15) is 0 Å². The van der Waals surface area contributed by atoms with Gasteiger partial charge >= 0.3 is 5.97 Å². The highest BCUT2D eigenvalue weighted by Crippen LogP contribution is 2.07. The Labute approximate surface area is 116 Å². The van der Waals surface area contributed by atoms with Gasteiger partial charge in [-0.3, -0.25) is 9.59 Å². The van der Waals surface area contributed by atoms with Crippen molar-refractivity contribution in [3.63, 3.8) is 0 Å². The molecule has 0 unspecified atom stereocenters. The molecule has 0 bridgehead atoms. The lowest BCUT2D eigenvalue weighted by molar-refractivity contribution is -0.142. The van der Waals surface area contributed by atoms with E-state index in [2.05, 4.69) is 22.6 Å². The summed E-state index contributed by atoms with van der Waals surface area (Å²) in [6.07, 6.45) is 0.292. The van der Waals surface area contributed by atoms with Crippen molar-refractivity contribution in [3.05, 3.63) is 33.4 Å². The van der Waals surface area contributed by atoms with Crippen molar-refractivity contribution in [3.8, 4) is 0 Å². The molecule has 0 radical (unpaired) electrons. The maximum Gasteiger partial charge on any atom is 0.305 e. The van der Waals surface area contributed by atoms with Crippen LogP contribution < -0.4 is 0 Å². The molecule has 4 heteroatoms. The molecule has 0 N–H and O–H groups in total. The Morgan fingerprint density at radius 1 is 1.18 bits per heavy atom. The van der Waals surface area contributed by atoms with E-state index in [9.17, 15) is 9.59 Å². The Morgan fingerprint density at radius 2 is 1.71 bits per heavy atom. The van der Waals surface area contributed by atoms with E-state index in [4.69, 9.17) is 4.74 Å². The van der Waals surface area contributed by atoms with Crippen LogP contribution >= 0.6 is 22.6 Å². The van der Waals surface area contributed by atoms with E-state index in [0.717, 1.165) is 3.57 Å². The van der Waals surface area contributed by atoms with Crippen LogP contribution in [-0.2, 0) is 9.53 Å². The molecule has 0 atom stereocenters. The summed E-state index contributed by atoms with van der Waals surface area (Å²) in [4.78, 5) is 22.3. The van der Waals surface area contributed by atoms with Gasteiger partial charge in [-0.25, -0.2) is 0 Å². The monoisotopic (exact) mass is 348 g/mol. The first-order valence-electron chi connectivity index (χ1n) is 5.58. The minimum absolute atomic E-state index is 0.173.